The molecule has 2 N–H and O–H groups in total. The molecule has 2 aromatic carbocycles. The van der Waals surface area contributed by atoms with Crippen molar-refractivity contribution in [3.8, 4) is 11.4 Å². The summed E-state index contributed by atoms with van der Waals surface area (Å²) in [7, 11) is 0. The second-order valence-electron chi connectivity index (χ2n) is 6.08. The maximum Gasteiger partial charge on any atom is 0.312 e. The predicted octanol–water partition coefficient (Wildman–Crippen LogP) is 2.56. The summed E-state index contributed by atoms with van der Waals surface area (Å²) in [5.41, 5.74) is 3.02. The number of H-pyrrole nitrogens is 1. The van der Waals surface area contributed by atoms with Crippen LogP contribution >= 0.6 is 11.6 Å². The molecule has 11 heteroatoms. The number of hydrazone groups is 1. The van der Waals surface area contributed by atoms with Crippen molar-refractivity contribution in [3.05, 3.63) is 85.3 Å². The Morgan fingerprint density at radius 2 is 2.07 bits per heavy atom. The lowest BCUT2D eigenvalue weighted by Gasteiger charge is -2.05. The Labute approximate surface area is 174 Å². The van der Waals surface area contributed by atoms with Crippen LogP contribution in [0.3, 0.4) is 0 Å². The highest BCUT2D eigenvalue weighted by Crippen LogP contribution is 2.29. The zero-order valence-corrected chi connectivity index (χ0v) is 16.4. The van der Waals surface area contributed by atoms with E-state index in [1.807, 2.05) is 6.07 Å². The lowest BCUT2D eigenvalue weighted by molar-refractivity contribution is -0.385. The Morgan fingerprint density at radius 3 is 2.77 bits per heavy atom. The summed E-state index contributed by atoms with van der Waals surface area (Å²) >= 11 is 5.73. The Morgan fingerprint density at radius 1 is 1.33 bits per heavy atom. The number of aryl methyl sites for hydroxylation is 1. The van der Waals surface area contributed by atoms with Crippen LogP contribution < -0.4 is 15.7 Å². The van der Waals surface area contributed by atoms with Crippen molar-refractivity contribution in [2.45, 2.75) is 6.92 Å². The van der Waals surface area contributed by atoms with Gasteiger partial charge in [-0.2, -0.15) is 5.10 Å². The molecule has 0 aliphatic carbocycles. The molecule has 1 aromatic heterocycles. The van der Waals surface area contributed by atoms with E-state index in [1.165, 1.54) is 23.0 Å². The first-order chi connectivity index (χ1) is 14.4. The Balaban J connectivity index is 1.64. The van der Waals surface area contributed by atoms with E-state index in [0.29, 0.717) is 11.4 Å². The maximum absolute atomic E-state index is 12.5. The summed E-state index contributed by atoms with van der Waals surface area (Å²) in [6, 6.07) is 12.8. The standard InChI is InChI=1S/C19H16ClN5O5/c1-12-15(19(27)24(23-12)14-5-3-2-4-6-14)10-21-22-18(26)11-30-17-8-7-13(20)9-16(17)25(28)29/h2-10,23H,11H2,1H3,(H,22,26)/b21-10+. The number of nitrogens with one attached hydrogen (secondary N) is 2. The average Bonchev–Trinajstić information content (AvgIpc) is 3.01. The number of hydrogen-bond acceptors (Lipinski definition) is 6. The third-order valence-corrected chi connectivity index (χ3v) is 4.23. The number of nitro benzene ring substituents is 1. The van der Waals surface area contributed by atoms with Crippen molar-refractivity contribution in [2.75, 3.05) is 6.61 Å². The van der Waals surface area contributed by atoms with E-state index in [9.17, 15) is 19.7 Å². The molecule has 3 rings (SSSR count). The number of aromatic nitrogens is 2. The van der Waals surface area contributed by atoms with E-state index in [4.69, 9.17) is 16.3 Å². The van der Waals surface area contributed by atoms with Gasteiger partial charge >= 0.3 is 5.69 Å². The summed E-state index contributed by atoms with van der Waals surface area (Å²) in [4.78, 5) is 34.8. The summed E-state index contributed by atoms with van der Waals surface area (Å²) < 4.78 is 6.53. The summed E-state index contributed by atoms with van der Waals surface area (Å²) in [5.74, 6) is -0.761. The monoisotopic (exact) mass is 429 g/mol. The van der Waals surface area contributed by atoms with Gasteiger partial charge in [0.25, 0.3) is 11.5 Å². The van der Waals surface area contributed by atoms with E-state index in [-0.39, 0.29) is 27.6 Å². The topological polar surface area (TPSA) is 132 Å². The number of para-hydroxylation sites is 1. The van der Waals surface area contributed by atoms with Gasteiger partial charge in [-0.1, -0.05) is 29.8 Å². The Hall–Kier alpha value is -3.92. The SMILES string of the molecule is Cc1[nH]n(-c2ccccc2)c(=O)c1/C=N/NC(=O)COc1ccc(Cl)cc1[N+](=O)[O-]. The van der Waals surface area contributed by atoms with Crippen LogP contribution in [0.25, 0.3) is 5.69 Å². The largest absolute Gasteiger partial charge is 0.477 e. The normalized spacial score (nSPS) is 10.9. The fraction of sp³-hybridized carbons (Fsp3) is 0.105. The quantitative estimate of drug-likeness (QED) is 0.338. The number of rotatable bonds is 7. The minimum atomic E-state index is -0.663. The van der Waals surface area contributed by atoms with Gasteiger partial charge in [-0.05, 0) is 31.2 Å². The molecule has 0 radical (unpaired) electrons. The van der Waals surface area contributed by atoms with Crippen LogP contribution in [-0.2, 0) is 4.79 Å². The molecule has 0 bridgehead atoms. The fourth-order valence-corrected chi connectivity index (χ4v) is 2.74. The maximum atomic E-state index is 12.5. The number of aromatic amines is 1. The molecular formula is C19H16ClN5O5. The lowest BCUT2D eigenvalue weighted by atomic mass is 10.3. The third-order valence-electron chi connectivity index (χ3n) is 3.99. The van der Waals surface area contributed by atoms with E-state index in [1.54, 1.807) is 31.2 Å². The van der Waals surface area contributed by atoms with Gasteiger partial charge in [-0.3, -0.25) is 24.8 Å². The number of nitrogens with zero attached hydrogens (tertiary/aromatic N) is 3. The van der Waals surface area contributed by atoms with E-state index >= 15 is 0 Å². The number of carbonyl (C=O) groups excluding carboxylic acids is 1. The molecule has 0 spiro atoms. The van der Waals surface area contributed by atoms with Crippen LogP contribution in [0.5, 0.6) is 5.75 Å². The number of amides is 1. The fourth-order valence-electron chi connectivity index (χ4n) is 2.57. The molecule has 0 saturated heterocycles. The van der Waals surface area contributed by atoms with E-state index < -0.39 is 17.4 Å². The van der Waals surface area contributed by atoms with Gasteiger partial charge in [0.05, 0.1) is 22.4 Å². The van der Waals surface area contributed by atoms with Crippen LogP contribution in [0, 0.1) is 17.0 Å². The van der Waals surface area contributed by atoms with Crippen molar-refractivity contribution < 1.29 is 14.5 Å². The minimum Gasteiger partial charge on any atom is -0.477 e. The van der Waals surface area contributed by atoms with E-state index in [2.05, 4.69) is 15.6 Å². The third kappa shape index (κ3) is 4.73. The smallest absolute Gasteiger partial charge is 0.312 e. The molecule has 10 nitrogen and oxygen atoms in total. The first-order valence-electron chi connectivity index (χ1n) is 8.62. The van der Waals surface area contributed by atoms with Crippen molar-refractivity contribution in [1.29, 1.82) is 0 Å². The van der Waals surface area contributed by atoms with Crippen molar-refractivity contribution in [3.63, 3.8) is 0 Å². The molecule has 154 valence electrons. The van der Waals surface area contributed by atoms with Crippen molar-refractivity contribution >= 4 is 29.4 Å². The van der Waals surface area contributed by atoms with Gasteiger partial charge in [0.1, 0.15) is 0 Å². The average molecular weight is 430 g/mol. The molecule has 0 unspecified atom stereocenters. The predicted molar refractivity (Wildman–Crippen MR) is 110 cm³/mol. The van der Waals surface area contributed by atoms with Gasteiger partial charge in [0.15, 0.2) is 12.4 Å². The number of ether oxygens (including phenoxy) is 1. The lowest BCUT2D eigenvalue weighted by Crippen LogP contribution is -2.25. The van der Waals surface area contributed by atoms with Crippen molar-refractivity contribution in [1.82, 2.24) is 15.2 Å². The second kappa shape index (κ2) is 9.05. The molecule has 0 aliphatic heterocycles. The van der Waals surface area contributed by atoms with Gasteiger partial charge in [-0.25, -0.2) is 10.1 Å². The first-order valence-corrected chi connectivity index (χ1v) is 9.00. The molecule has 0 fully saturated rings. The van der Waals surface area contributed by atoms with Gasteiger partial charge in [0.2, 0.25) is 0 Å². The van der Waals surface area contributed by atoms with Gasteiger partial charge in [0, 0.05) is 16.8 Å². The number of halogens is 1. The summed E-state index contributed by atoms with van der Waals surface area (Å²) in [6.45, 7) is 1.19. The van der Waals surface area contributed by atoms with Crippen molar-refractivity contribution in [2.24, 2.45) is 5.10 Å². The minimum absolute atomic E-state index is 0.101. The molecule has 3 aromatic rings. The summed E-state index contributed by atoms with van der Waals surface area (Å²) in [5, 5.41) is 17.9. The molecular weight excluding hydrogens is 414 g/mol. The van der Waals surface area contributed by atoms with Gasteiger partial charge < -0.3 is 4.74 Å². The zero-order valence-electron chi connectivity index (χ0n) is 15.7. The van der Waals surface area contributed by atoms with Crippen LogP contribution in [-0.4, -0.2) is 33.4 Å². The Kier molecular flexibility index (Phi) is 6.28. The second-order valence-corrected chi connectivity index (χ2v) is 6.51. The van der Waals surface area contributed by atoms with Crippen LogP contribution in [0.15, 0.2) is 58.4 Å². The molecule has 30 heavy (non-hydrogen) atoms. The molecule has 0 saturated carbocycles. The highest BCUT2D eigenvalue weighted by molar-refractivity contribution is 6.30. The Bertz CT molecular complexity index is 1170. The highest BCUT2D eigenvalue weighted by Gasteiger charge is 2.17. The zero-order chi connectivity index (χ0) is 21.7. The first kappa shape index (κ1) is 20.8. The molecule has 1 amide bonds. The molecule has 1 heterocycles. The molecule has 0 atom stereocenters. The van der Waals surface area contributed by atoms with Crippen LogP contribution in [0.1, 0.15) is 11.3 Å². The van der Waals surface area contributed by atoms with E-state index in [0.717, 1.165) is 6.07 Å². The number of benzene rings is 2. The van der Waals surface area contributed by atoms with Crippen LogP contribution in [0.2, 0.25) is 5.02 Å². The van der Waals surface area contributed by atoms with Crippen LogP contribution in [0.4, 0.5) is 5.69 Å². The number of hydrogen-bond donors (Lipinski definition) is 2. The number of carbonyl (C=O) groups is 1. The highest BCUT2D eigenvalue weighted by atomic mass is 35.5. The van der Waals surface area contributed by atoms with Gasteiger partial charge in [-0.15, -0.1) is 0 Å². The number of nitro groups is 1. The molecule has 0 aliphatic rings. The summed E-state index contributed by atoms with van der Waals surface area (Å²) in [6.07, 6.45) is 1.22.